The van der Waals surface area contributed by atoms with Crippen molar-refractivity contribution in [1.82, 2.24) is 0 Å². The zero-order chi connectivity index (χ0) is 15.0. The molecule has 0 aromatic heterocycles. The number of unbranched alkanes of at least 4 members (excludes halogenated alkanes) is 9. The van der Waals surface area contributed by atoms with Crippen molar-refractivity contribution in [3.05, 3.63) is 0 Å². The van der Waals surface area contributed by atoms with Gasteiger partial charge in [-0.3, -0.25) is 0 Å². The molecule has 0 aliphatic carbocycles. The molecule has 7 heteroatoms. The third-order valence-corrected chi connectivity index (χ3v) is 3.93. The van der Waals surface area contributed by atoms with Gasteiger partial charge >= 0.3 is 104 Å². The van der Waals surface area contributed by atoms with E-state index in [2.05, 4.69) is 12.6 Å². The molecule has 0 aliphatic rings. The first-order valence-electron chi connectivity index (χ1n) is 6.95. The summed E-state index contributed by atoms with van der Waals surface area (Å²) in [6.07, 6.45) is 14.5. The topological polar surface area (TPSA) is 86.2 Å². The second-order valence-corrected chi connectivity index (χ2v) is 7.26. The first-order chi connectivity index (χ1) is 8.91. The predicted molar refractivity (Wildman–Crippen MR) is 72.4 cm³/mol. The Morgan fingerprint density at radius 3 is 1.26 bits per heavy atom. The number of rotatable bonds is 11. The molecule has 0 heterocycles. The van der Waals surface area contributed by atoms with Gasteiger partial charge in [0.05, 0.1) is 0 Å². The summed E-state index contributed by atoms with van der Waals surface area (Å²) in [5.74, 6) is 1.07. The average Bonchev–Trinajstić information content (AvgIpc) is 2.29. The summed E-state index contributed by atoms with van der Waals surface area (Å²) in [7, 11) is -5.39. The Balaban J connectivity index is 0. The van der Waals surface area contributed by atoms with Gasteiger partial charge in [-0.1, -0.05) is 0 Å². The summed E-state index contributed by atoms with van der Waals surface area (Å²) in [5, 5.41) is 0. The Morgan fingerprint density at radius 1 is 0.737 bits per heavy atom. The third-order valence-electron chi connectivity index (χ3n) is 2.61. The summed E-state index contributed by atoms with van der Waals surface area (Å²) >= 11 is 5.67. The van der Waals surface area contributed by atoms with Crippen LogP contribution in [-0.2, 0) is 35.5 Å². The fraction of sp³-hybridized carbons (Fsp3) is 1.00. The summed E-state index contributed by atoms with van der Waals surface area (Å²) in [6.45, 7) is 0. The van der Waals surface area contributed by atoms with E-state index < -0.39 is 7.82 Å². The van der Waals surface area contributed by atoms with Crippen LogP contribution in [0.2, 0.25) is 3.23 Å². The van der Waals surface area contributed by atoms with Crippen LogP contribution in [0.3, 0.4) is 0 Å². The molecule has 0 N–H and O–H groups in total. The molecule has 0 atom stereocenters. The van der Waals surface area contributed by atoms with E-state index in [0.717, 1.165) is 5.75 Å². The Kier molecular flexibility index (Phi) is 21.2. The van der Waals surface area contributed by atoms with Crippen molar-refractivity contribution < 1.29 is 50.2 Å². The molecule has 0 aliphatic heterocycles. The zero-order valence-electron chi connectivity index (χ0n) is 11.6. The van der Waals surface area contributed by atoms with Crippen molar-refractivity contribution in [3.63, 3.8) is 0 Å². The fourth-order valence-corrected chi connectivity index (χ4v) is 2.60. The third kappa shape index (κ3) is 38.2. The molecule has 0 bridgehead atoms. The van der Waals surface area contributed by atoms with E-state index in [1.807, 2.05) is 0 Å². The van der Waals surface area contributed by atoms with Crippen LogP contribution in [0, 0.1) is 0 Å². The van der Waals surface area contributed by atoms with Gasteiger partial charge in [0.1, 0.15) is 0 Å². The molecule has 0 aromatic carbocycles. The molecule has 0 amide bonds. The van der Waals surface area contributed by atoms with Crippen molar-refractivity contribution >= 4 is 20.5 Å². The number of hydrogen-bond donors (Lipinski definition) is 1. The van der Waals surface area contributed by atoms with Crippen LogP contribution in [0.5, 0.6) is 0 Å². The molecule has 0 aromatic rings. The van der Waals surface area contributed by atoms with Gasteiger partial charge in [0.15, 0.2) is 0 Å². The maximum absolute atomic E-state index is 8.55. The van der Waals surface area contributed by atoms with E-state index in [1.54, 1.807) is 0 Å². The fourth-order valence-electron chi connectivity index (χ4n) is 1.67. The van der Waals surface area contributed by atoms with E-state index in [0.29, 0.717) is 0 Å². The van der Waals surface area contributed by atoms with Gasteiger partial charge < -0.3 is 19.2 Å². The van der Waals surface area contributed by atoms with Crippen LogP contribution in [0.15, 0.2) is 0 Å². The van der Waals surface area contributed by atoms with Gasteiger partial charge in [-0.15, -0.1) is 0 Å². The van der Waals surface area contributed by atoms with Gasteiger partial charge in [0, 0.05) is 0 Å². The van der Waals surface area contributed by atoms with Crippen molar-refractivity contribution in [1.29, 1.82) is 0 Å². The Hall–Kier alpha value is 1.56. The average molecular weight is 385 g/mol. The molecule has 0 fully saturated rings. The van der Waals surface area contributed by atoms with Gasteiger partial charge in [-0.25, -0.2) is 0 Å². The van der Waals surface area contributed by atoms with Gasteiger partial charge in [-0.2, -0.15) is 20.5 Å². The van der Waals surface area contributed by atoms with Gasteiger partial charge in [-0.05, 0) is 0 Å². The van der Waals surface area contributed by atoms with Crippen LogP contribution < -0.4 is 14.7 Å². The van der Waals surface area contributed by atoms with Crippen LogP contribution in [0.25, 0.3) is 0 Å². The van der Waals surface area contributed by atoms with Gasteiger partial charge in [0.25, 0.3) is 0 Å². The summed E-state index contributed by atoms with van der Waals surface area (Å²) < 4.78 is 10.0. The molecular weight excluding hydrogens is 360 g/mol. The number of thiol groups is 1. The van der Waals surface area contributed by atoms with Crippen molar-refractivity contribution in [3.8, 4) is 0 Å². The van der Waals surface area contributed by atoms with E-state index in [-0.39, 0.29) is 0 Å². The van der Waals surface area contributed by atoms with Crippen LogP contribution in [-0.4, -0.2) is 5.75 Å². The number of phosphoric acid groups is 1. The van der Waals surface area contributed by atoms with Crippen molar-refractivity contribution in [2.45, 2.75) is 67.4 Å². The van der Waals surface area contributed by atoms with E-state index in [9.17, 15) is 0 Å². The summed E-state index contributed by atoms with van der Waals surface area (Å²) in [5.41, 5.74) is 0. The summed E-state index contributed by atoms with van der Waals surface area (Å²) in [4.78, 5) is 25.6. The molecular formula is C12H25O4PSY. The summed E-state index contributed by atoms with van der Waals surface area (Å²) in [6, 6.07) is 0. The predicted octanol–water partition coefficient (Wildman–Crippen LogP) is 1.96. The second-order valence-electron chi connectivity index (χ2n) is 4.50. The molecule has 4 nitrogen and oxygen atoms in total. The van der Waals surface area contributed by atoms with Gasteiger partial charge in [0.2, 0.25) is 0 Å². The minimum atomic E-state index is -5.39. The molecule has 0 saturated heterocycles. The Morgan fingerprint density at radius 2 is 1.00 bits per heavy atom. The Bertz CT molecular complexity index is 194. The monoisotopic (exact) mass is 385 g/mol. The van der Waals surface area contributed by atoms with Crippen LogP contribution in [0.1, 0.15) is 64.2 Å². The molecule has 0 unspecified atom stereocenters. The second kappa shape index (κ2) is 17.6. The number of hydrogen-bond acceptors (Lipinski definition) is 5. The van der Waals surface area contributed by atoms with E-state index >= 15 is 0 Å². The molecule has 0 radical (unpaired) electrons. The van der Waals surface area contributed by atoms with Crippen LogP contribution >= 0.6 is 20.5 Å². The van der Waals surface area contributed by atoms with Crippen LogP contribution in [0.4, 0.5) is 0 Å². The van der Waals surface area contributed by atoms with E-state index in [1.165, 1.54) is 98.4 Å². The normalized spacial score (nSPS) is 11.1. The zero-order valence-corrected chi connectivity index (χ0v) is 16.2. The minimum absolute atomic E-state index is 1.07. The van der Waals surface area contributed by atoms with Crippen molar-refractivity contribution in [2.75, 3.05) is 5.75 Å². The molecule has 0 spiro atoms. The maximum atomic E-state index is 8.55. The molecule has 111 valence electrons. The molecule has 0 rings (SSSR count). The van der Waals surface area contributed by atoms with Crippen molar-refractivity contribution in [2.24, 2.45) is 0 Å². The quantitative estimate of drug-likeness (QED) is 0.335. The first kappa shape index (κ1) is 22.8. The van der Waals surface area contributed by atoms with E-state index in [4.69, 9.17) is 19.2 Å². The first-order valence-corrected chi connectivity index (χ1v) is 11.1. The standard InChI is InChI=1S/C12H25S.H3O4P.Y/c1-2-3-4-5-6-7-8-9-10-11-12-13;1-5(2,3)4;/h13H,1-12H2;(H3,1,2,3,4);/q;;+3/p-3. The molecule has 19 heavy (non-hydrogen) atoms. The molecule has 0 saturated carbocycles. The SMILES string of the molecule is O=P([O-])([O-])[O-].SCCCCCCCCCCC[CH2][Y+3]. The Labute approximate surface area is 143 Å².